The first-order chi connectivity index (χ1) is 11.3. The Morgan fingerprint density at radius 3 is 2.29 bits per heavy atom. The van der Waals surface area contributed by atoms with Crippen LogP contribution in [0.2, 0.25) is 0 Å². The molecule has 2 aromatic carbocycles. The lowest BCUT2D eigenvalue weighted by Crippen LogP contribution is -2.04. The maximum absolute atomic E-state index is 12.7. The summed E-state index contributed by atoms with van der Waals surface area (Å²) in [5.41, 5.74) is -1.06. The number of hydrogen-bond acceptors (Lipinski definition) is 4. The number of nitriles is 2. The maximum atomic E-state index is 12.7. The van der Waals surface area contributed by atoms with Crippen LogP contribution in [-0.2, 0) is 6.18 Å². The van der Waals surface area contributed by atoms with Crippen LogP contribution in [0.4, 0.5) is 13.2 Å². The molecule has 2 N–H and O–H groups in total. The van der Waals surface area contributed by atoms with Gasteiger partial charge in [0.05, 0.1) is 17.2 Å². The Balaban J connectivity index is 2.53. The molecule has 0 amide bonds. The minimum atomic E-state index is -4.49. The monoisotopic (exact) mass is 330 g/mol. The van der Waals surface area contributed by atoms with E-state index in [1.165, 1.54) is 24.3 Å². The van der Waals surface area contributed by atoms with Crippen LogP contribution < -0.4 is 0 Å². The highest BCUT2D eigenvalue weighted by Gasteiger charge is 2.30. The molecule has 0 aliphatic carbocycles. The quantitative estimate of drug-likeness (QED) is 0.643. The second kappa shape index (κ2) is 6.35. The molecule has 0 saturated carbocycles. The van der Waals surface area contributed by atoms with E-state index in [-0.39, 0.29) is 22.3 Å². The summed E-state index contributed by atoms with van der Waals surface area (Å²) >= 11 is 0. The molecular formula is C17H9F3N2O2. The number of aromatic hydroxyl groups is 2. The van der Waals surface area contributed by atoms with Crippen LogP contribution in [0.3, 0.4) is 0 Å². The highest BCUT2D eigenvalue weighted by molar-refractivity contribution is 5.79. The lowest BCUT2D eigenvalue weighted by molar-refractivity contribution is -0.137. The van der Waals surface area contributed by atoms with Gasteiger partial charge in [-0.15, -0.1) is 0 Å². The number of benzene rings is 2. The van der Waals surface area contributed by atoms with Crippen molar-refractivity contribution in [1.82, 2.24) is 0 Å². The number of rotatable bonds is 2. The molecule has 0 heterocycles. The third kappa shape index (κ3) is 3.31. The van der Waals surface area contributed by atoms with Crippen molar-refractivity contribution in [2.45, 2.75) is 6.18 Å². The summed E-state index contributed by atoms with van der Waals surface area (Å²) in [7, 11) is 0. The molecule has 0 aliphatic heterocycles. The molecule has 0 unspecified atom stereocenters. The van der Waals surface area contributed by atoms with Gasteiger partial charge in [-0.05, 0) is 17.7 Å². The van der Waals surface area contributed by atoms with Crippen LogP contribution in [0.25, 0.3) is 12.2 Å². The number of nitrogens with zero attached hydrogens (tertiary/aromatic N) is 2. The van der Waals surface area contributed by atoms with Crippen LogP contribution in [0, 0.1) is 22.7 Å². The van der Waals surface area contributed by atoms with Crippen molar-refractivity contribution in [3.63, 3.8) is 0 Å². The Bertz CT molecular complexity index is 904. The third-order valence-corrected chi connectivity index (χ3v) is 3.21. The fraction of sp³-hybridized carbons (Fsp3) is 0.0588. The number of hydrogen-bond donors (Lipinski definition) is 2. The summed E-state index contributed by atoms with van der Waals surface area (Å²) in [5.74, 6) is -1.32. The number of phenols is 2. The lowest BCUT2D eigenvalue weighted by Gasteiger charge is -2.08. The molecule has 120 valence electrons. The normalized spacial score (nSPS) is 11.2. The van der Waals surface area contributed by atoms with Gasteiger partial charge in [-0.2, -0.15) is 23.7 Å². The molecule has 0 atom stereocenters. The smallest absolute Gasteiger partial charge is 0.416 e. The fourth-order valence-electron chi connectivity index (χ4n) is 2.05. The minimum absolute atomic E-state index is 0.00714. The first-order valence-electron chi connectivity index (χ1n) is 6.52. The molecule has 24 heavy (non-hydrogen) atoms. The predicted molar refractivity (Wildman–Crippen MR) is 79.6 cm³/mol. The van der Waals surface area contributed by atoms with E-state index < -0.39 is 23.2 Å². The van der Waals surface area contributed by atoms with Gasteiger partial charge >= 0.3 is 6.18 Å². The highest BCUT2D eigenvalue weighted by atomic mass is 19.4. The molecule has 0 radical (unpaired) electrons. The van der Waals surface area contributed by atoms with Gasteiger partial charge in [0.1, 0.15) is 11.6 Å². The van der Waals surface area contributed by atoms with Gasteiger partial charge in [-0.25, -0.2) is 0 Å². The Morgan fingerprint density at radius 1 is 1.00 bits per heavy atom. The first-order valence-corrected chi connectivity index (χ1v) is 6.52. The van der Waals surface area contributed by atoms with Gasteiger partial charge in [0.15, 0.2) is 11.5 Å². The molecule has 2 rings (SSSR count). The van der Waals surface area contributed by atoms with E-state index in [0.717, 1.165) is 18.2 Å². The summed E-state index contributed by atoms with van der Waals surface area (Å²) in [6, 6.07) is 8.87. The summed E-state index contributed by atoms with van der Waals surface area (Å²) in [5, 5.41) is 37.3. The molecular weight excluding hydrogens is 321 g/mol. The lowest BCUT2D eigenvalue weighted by atomic mass is 9.99. The average Bonchev–Trinajstić information content (AvgIpc) is 2.55. The van der Waals surface area contributed by atoms with Gasteiger partial charge in [0, 0.05) is 11.6 Å². The van der Waals surface area contributed by atoms with E-state index in [1.54, 1.807) is 12.1 Å². The van der Waals surface area contributed by atoms with Gasteiger partial charge in [0.25, 0.3) is 0 Å². The van der Waals surface area contributed by atoms with E-state index in [2.05, 4.69) is 0 Å². The van der Waals surface area contributed by atoms with Crippen LogP contribution in [0.5, 0.6) is 11.5 Å². The fourth-order valence-corrected chi connectivity index (χ4v) is 2.05. The van der Waals surface area contributed by atoms with E-state index in [9.17, 15) is 23.4 Å². The zero-order valence-electron chi connectivity index (χ0n) is 12.0. The van der Waals surface area contributed by atoms with Crippen molar-refractivity contribution in [1.29, 1.82) is 10.5 Å². The molecule has 0 fully saturated rings. The zero-order chi connectivity index (χ0) is 17.9. The predicted octanol–water partition coefficient (Wildman–Crippen LogP) is 4.03. The largest absolute Gasteiger partial charge is 0.504 e. The second-order valence-electron chi connectivity index (χ2n) is 4.76. The Labute approximate surface area is 134 Å². The zero-order valence-corrected chi connectivity index (χ0v) is 12.0. The molecule has 7 heteroatoms. The van der Waals surface area contributed by atoms with Crippen molar-refractivity contribution in [2.24, 2.45) is 0 Å². The van der Waals surface area contributed by atoms with Crippen LogP contribution in [0.1, 0.15) is 27.8 Å². The average molecular weight is 330 g/mol. The molecule has 0 saturated heterocycles. The van der Waals surface area contributed by atoms with Crippen molar-refractivity contribution in [3.05, 3.63) is 58.1 Å². The van der Waals surface area contributed by atoms with E-state index in [4.69, 9.17) is 10.5 Å². The molecule has 4 nitrogen and oxygen atoms in total. The topological polar surface area (TPSA) is 88.0 Å². The Kier molecular flexibility index (Phi) is 4.47. The molecule has 0 aromatic heterocycles. The molecule has 0 bridgehead atoms. The first kappa shape index (κ1) is 16.9. The molecule has 0 aliphatic rings. The summed E-state index contributed by atoms with van der Waals surface area (Å²) in [4.78, 5) is 0. The Hall–Kier alpha value is -3.45. The summed E-state index contributed by atoms with van der Waals surface area (Å²) < 4.78 is 38.1. The summed E-state index contributed by atoms with van der Waals surface area (Å²) in [6.45, 7) is 0. The van der Waals surface area contributed by atoms with Crippen LogP contribution in [0.15, 0.2) is 30.3 Å². The Morgan fingerprint density at radius 2 is 1.71 bits per heavy atom. The van der Waals surface area contributed by atoms with Gasteiger partial charge in [0.2, 0.25) is 0 Å². The van der Waals surface area contributed by atoms with Gasteiger partial charge < -0.3 is 10.2 Å². The van der Waals surface area contributed by atoms with Crippen molar-refractivity contribution in [3.8, 4) is 23.6 Å². The van der Waals surface area contributed by atoms with Crippen molar-refractivity contribution in [2.75, 3.05) is 0 Å². The minimum Gasteiger partial charge on any atom is -0.504 e. The standard InChI is InChI=1S/C17H9F3N2O2/c18-17(19,20)12-3-1-2-10(6-12)4-5-13-11(8-21)7-15(23)16(24)14(13)9-22/h1-7,23-24H/b5-4+. The van der Waals surface area contributed by atoms with Crippen LogP contribution >= 0.6 is 0 Å². The van der Waals surface area contributed by atoms with Crippen molar-refractivity contribution < 1.29 is 23.4 Å². The van der Waals surface area contributed by atoms with E-state index in [1.807, 2.05) is 0 Å². The molecule has 0 spiro atoms. The van der Waals surface area contributed by atoms with Crippen molar-refractivity contribution >= 4 is 12.2 Å². The van der Waals surface area contributed by atoms with Gasteiger partial charge in [-0.1, -0.05) is 24.3 Å². The molecule has 2 aromatic rings. The second-order valence-corrected chi connectivity index (χ2v) is 4.76. The van der Waals surface area contributed by atoms with Gasteiger partial charge in [-0.3, -0.25) is 0 Å². The third-order valence-electron chi connectivity index (χ3n) is 3.21. The van der Waals surface area contributed by atoms with Crippen LogP contribution in [-0.4, -0.2) is 10.2 Å². The highest BCUT2D eigenvalue weighted by Crippen LogP contribution is 2.35. The number of halogens is 3. The number of phenolic OH excluding ortho intramolecular Hbond substituents is 2. The van der Waals surface area contributed by atoms with E-state index in [0.29, 0.717) is 0 Å². The SMILES string of the molecule is N#Cc1cc(O)c(O)c(C#N)c1/C=C/c1cccc(C(F)(F)F)c1. The van der Waals surface area contributed by atoms with E-state index >= 15 is 0 Å². The summed E-state index contributed by atoms with van der Waals surface area (Å²) in [6.07, 6.45) is -1.97. The maximum Gasteiger partial charge on any atom is 0.416 e. The number of alkyl halides is 3.